The lowest BCUT2D eigenvalue weighted by molar-refractivity contribution is -0.134. The van der Waals surface area contributed by atoms with Crippen molar-refractivity contribution in [3.63, 3.8) is 0 Å². The van der Waals surface area contributed by atoms with E-state index in [4.69, 9.17) is 21.1 Å². The van der Waals surface area contributed by atoms with E-state index in [0.29, 0.717) is 42.3 Å². The lowest BCUT2D eigenvalue weighted by atomic mass is 9.71. The predicted octanol–water partition coefficient (Wildman–Crippen LogP) is 4.11. The molecule has 5 N–H and O–H groups in total. The zero-order chi connectivity index (χ0) is 33.6. The summed E-state index contributed by atoms with van der Waals surface area (Å²) < 4.78 is 11.5. The quantitative estimate of drug-likeness (QED) is 0.121. The topological polar surface area (TPSA) is 161 Å². The van der Waals surface area contributed by atoms with Gasteiger partial charge in [-0.15, -0.1) is 0 Å². The second-order valence-corrected chi connectivity index (χ2v) is 12.8. The van der Waals surface area contributed by atoms with E-state index in [1.807, 2.05) is 6.07 Å². The first-order valence-corrected chi connectivity index (χ1v) is 17.0. The molecule has 2 saturated heterocycles. The van der Waals surface area contributed by atoms with Gasteiger partial charge in [0, 0.05) is 38.7 Å². The second-order valence-electron chi connectivity index (χ2n) is 12.8. The first kappa shape index (κ1) is 36.2. The van der Waals surface area contributed by atoms with Gasteiger partial charge in [0.15, 0.2) is 11.6 Å². The molecule has 2 aromatic rings. The standard InChI is InChI=1S/C34H54N8O5/c1-4-5-20-46-33-38-31(35)30(37-2)32(39-33)42(25-43)24-27-11-10-26(22-28(27)45-3)23-40-16-12-34(13-17-40)14-18-41(19-15-34)29(44)9-7-6-8-21-47-36/h10-11,22,25,37H,4-9,12-21,23-24,36H2,1-3H3,(H2,35,38,39). The summed E-state index contributed by atoms with van der Waals surface area (Å²) in [7, 11) is 3.36. The van der Waals surface area contributed by atoms with Crippen molar-refractivity contribution >= 4 is 29.6 Å². The molecule has 3 heterocycles. The third kappa shape index (κ3) is 9.91. The van der Waals surface area contributed by atoms with Gasteiger partial charge in [0.2, 0.25) is 12.3 Å². The Balaban J connectivity index is 1.31. The largest absolute Gasteiger partial charge is 0.496 e. The molecule has 0 unspecified atom stereocenters. The van der Waals surface area contributed by atoms with Gasteiger partial charge in [-0.25, -0.2) is 5.90 Å². The Kier molecular flexibility index (Phi) is 13.9. The predicted molar refractivity (Wildman–Crippen MR) is 183 cm³/mol. The summed E-state index contributed by atoms with van der Waals surface area (Å²) in [5.74, 6) is 6.62. The van der Waals surface area contributed by atoms with Crippen LogP contribution < -0.4 is 31.3 Å². The first-order valence-electron chi connectivity index (χ1n) is 17.0. The van der Waals surface area contributed by atoms with Gasteiger partial charge in [-0.1, -0.05) is 31.9 Å². The number of nitrogens with zero attached hydrogens (tertiary/aromatic N) is 5. The van der Waals surface area contributed by atoms with Crippen LogP contribution in [0.25, 0.3) is 0 Å². The van der Waals surface area contributed by atoms with Crippen LogP contribution in [-0.4, -0.2) is 85.6 Å². The molecule has 47 heavy (non-hydrogen) atoms. The van der Waals surface area contributed by atoms with Crippen LogP contribution in [0.4, 0.5) is 17.3 Å². The number of rotatable bonds is 18. The number of amides is 2. The van der Waals surface area contributed by atoms with Crippen molar-refractivity contribution in [3.8, 4) is 11.8 Å². The molecule has 0 radical (unpaired) electrons. The molecule has 0 atom stereocenters. The number of hydrogen-bond donors (Lipinski definition) is 3. The number of aromatic nitrogens is 2. The molecule has 260 valence electrons. The fourth-order valence-corrected chi connectivity index (χ4v) is 6.60. The van der Waals surface area contributed by atoms with Crippen molar-refractivity contribution in [2.45, 2.75) is 84.2 Å². The Morgan fingerprint density at radius 1 is 1.06 bits per heavy atom. The average Bonchev–Trinajstić information content (AvgIpc) is 3.08. The Bertz CT molecular complexity index is 1290. The molecule has 13 heteroatoms. The molecule has 4 rings (SSSR count). The van der Waals surface area contributed by atoms with E-state index in [1.54, 1.807) is 14.2 Å². The highest BCUT2D eigenvalue weighted by Crippen LogP contribution is 2.42. The summed E-state index contributed by atoms with van der Waals surface area (Å²) in [4.78, 5) is 44.4. The van der Waals surface area contributed by atoms with E-state index >= 15 is 0 Å². The minimum absolute atomic E-state index is 0.141. The number of carbonyl (C=O) groups is 2. The summed E-state index contributed by atoms with van der Waals surface area (Å²) in [6.45, 7) is 7.95. The minimum atomic E-state index is 0.141. The Morgan fingerprint density at radius 3 is 2.47 bits per heavy atom. The van der Waals surface area contributed by atoms with Crippen molar-refractivity contribution in [2.24, 2.45) is 11.3 Å². The highest BCUT2D eigenvalue weighted by atomic mass is 16.6. The Morgan fingerprint density at radius 2 is 1.81 bits per heavy atom. The van der Waals surface area contributed by atoms with Crippen LogP contribution in [0.1, 0.15) is 82.3 Å². The molecule has 1 aromatic carbocycles. The molecule has 1 aromatic heterocycles. The zero-order valence-corrected chi connectivity index (χ0v) is 28.5. The van der Waals surface area contributed by atoms with Crippen LogP contribution in [0, 0.1) is 5.41 Å². The van der Waals surface area contributed by atoms with Crippen molar-refractivity contribution in [2.75, 3.05) is 69.5 Å². The number of nitrogens with two attached hydrogens (primary N) is 2. The molecule has 0 bridgehead atoms. The van der Waals surface area contributed by atoms with Gasteiger partial charge in [-0.3, -0.25) is 19.4 Å². The summed E-state index contributed by atoms with van der Waals surface area (Å²) in [5.41, 5.74) is 8.99. The minimum Gasteiger partial charge on any atom is -0.496 e. The van der Waals surface area contributed by atoms with Crippen LogP contribution in [-0.2, 0) is 27.5 Å². The summed E-state index contributed by atoms with van der Waals surface area (Å²) in [6.07, 6.45) is 10.4. The molecule has 2 aliphatic heterocycles. The maximum absolute atomic E-state index is 12.7. The smallest absolute Gasteiger partial charge is 0.320 e. The molecule has 13 nitrogen and oxygen atoms in total. The normalized spacial score (nSPS) is 16.2. The molecule has 0 saturated carbocycles. The third-order valence-corrected chi connectivity index (χ3v) is 9.62. The molecule has 2 aliphatic rings. The summed E-state index contributed by atoms with van der Waals surface area (Å²) >= 11 is 0. The Labute approximate surface area is 279 Å². The number of nitrogen functional groups attached to an aromatic ring is 1. The van der Waals surface area contributed by atoms with Crippen molar-refractivity contribution < 1.29 is 23.9 Å². The van der Waals surface area contributed by atoms with Crippen LogP contribution in [0.2, 0.25) is 0 Å². The van der Waals surface area contributed by atoms with Gasteiger partial charge >= 0.3 is 6.01 Å². The number of nitrogens with one attached hydrogen (secondary N) is 1. The monoisotopic (exact) mass is 654 g/mol. The maximum Gasteiger partial charge on any atom is 0.320 e. The number of benzene rings is 1. The molecule has 2 amide bonds. The number of ether oxygens (including phenoxy) is 2. The van der Waals surface area contributed by atoms with Crippen LogP contribution in [0.5, 0.6) is 11.8 Å². The highest BCUT2D eigenvalue weighted by Gasteiger charge is 2.38. The van der Waals surface area contributed by atoms with E-state index in [0.717, 1.165) is 108 Å². The van der Waals surface area contributed by atoms with Gasteiger partial charge in [-0.2, -0.15) is 9.97 Å². The number of hydrogen-bond acceptors (Lipinski definition) is 11. The first-order chi connectivity index (χ1) is 22.8. The zero-order valence-electron chi connectivity index (χ0n) is 28.5. The van der Waals surface area contributed by atoms with E-state index in [-0.39, 0.29) is 24.3 Å². The van der Waals surface area contributed by atoms with E-state index in [2.05, 4.69) is 49.0 Å². The van der Waals surface area contributed by atoms with Gasteiger partial charge in [0.25, 0.3) is 0 Å². The van der Waals surface area contributed by atoms with Crippen molar-refractivity contribution in [3.05, 3.63) is 29.3 Å². The fourth-order valence-electron chi connectivity index (χ4n) is 6.60. The van der Waals surface area contributed by atoms with E-state index in [9.17, 15) is 9.59 Å². The maximum atomic E-state index is 12.7. The third-order valence-electron chi connectivity index (χ3n) is 9.62. The average molecular weight is 655 g/mol. The van der Waals surface area contributed by atoms with Gasteiger partial charge in [0.05, 0.1) is 26.9 Å². The second kappa shape index (κ2) is 18.0. The van der Waals surface area contributed by atoms with E-state index < -0.39 is 0 Å². The lowest BCUT2D eigenvalue weighted by Crippen LogP contribution is -2.48. The van der Waals surface area contributed by atoms with Gasteiger partial charge < -0.3 is 30.3 Å². The van der Waals surface area contributed by atoms with Crippen LogP contribution in [0.3, 0.4) is 0 Å². The lowest BCUT2D eigenvalue weighted by Gasteiger charge is -2.47. The Hall–Kier alpha value is -3.68. The van der Waals surface area contributed by atoms with Crippen molar-refractivity contribution in [1.29, 1.82) is 0 Å². The summed E-state index contributed by atoms with van der Waals surface area (Å²) in [6, 6.07) is 6.31. The molecule has 0 aliphatic carbocycles. The number of likely N-dealkylation sites (tertiary alicyclic amines) is 2. The number of anilines is 3. The molecule has 1 spiro atoms. The number of piperidine rings is 2. The van der Waals surface area contributed by atoms with Gasteiger partial charge in [-0.05, 0) is 75.1 Å². The SMILES string of the molecule is CCCCOc1nc(N)c(NC)c(N(C=O)Cc2ccc(CN3CCC4(CC3)CCN(C(=O)CCCCCON)CC4)cc2OC)n1. The number of carbonyl (C=O) groups excluding carboxylic acids is 2. The molecular weight excluding hydrogens is 600 g/mol. The van der Waals surface area contributed by atoms with Crippen LogP contribution in [0.15, 0.2) is 18.2 Å². The summed E-state index contributed by atoms with van der Waals surface area (Å²) in [5, 5.41) is 3.02. The van der Waals surface area contributed by atoms with Gasteiger partial charge in [0.1, 0.15) is 11.4 Å². The number of methoxy groups -OCH3 is 1. The highest BCUT2D eigenvalue weighted by molar-refractivity contribution is 5.85. The fraction of sp³-hybridized carbons (Fsp3) is 0.647. The van der Waals surface area contributed by atoms with Crippen molar-refractivity contribution in [1.82, 2.24) is 19.8 Å². The molecular formula is C34H54N8O5. The molecule has 2 fully saturated rings. The van der Waals surface area contributed by atoms with Crippen LogP contribution >= 0.6 is 0 Å². The van der Waals surface area contributed by atoms with E-state index in [1.165, 1.54) is 4.90 Å². The number of unbranched alkanes of at least 4 members (excludes halogenated alkanes) is 3.